The van der Waals surface area contributed by atoms with Crippen LogP contribution in [0.15, 0.2) is 30.7 Å². The first-order valence-electron chi connectivity index (χ1n) is 9.24. The highest BCUT2D eigenvalue weighted by Crippen LogP contribution is 2.31. The summed E-state index contributed by atoms with van der Waals surface area (Å²) in [5, 5.41) is 13.4. The molecule has 0 spiro atoms. The van der Waals surface area contributed by atoms with Crippen molar-refractivity contribution >= 4 is 11.7 Å². The molecule has 2 N–H and O–H groups in total. The number of amides is 1. The number of aromatic nitrogens is 3. The number of aliphatic hydroxyl groups is 1. The summed E-state index contributed by atoms with van der Waals surface area (Å²) < 4.78 is 1.88. The number of carbonyl (C=O) groups is 1. The zero-order chi connectivity index (χ0) is 18.5. The molecule has 2 aromatic rings. The summed E-state index contributed by atoms with van der Waals surface area (Å²) in [6.07, 6.45) is 7.36. The predicted octanol–water partition coefficient (Wildman–Crippen LogP) is 1.90. The van der Waals surface area contributed by atoms with Crippen LogP contribution in [0.3, 0.4) is 0 Å². The zero-order valence-electron chi connectivity index (χ0n) is 15.4. The van der Waals surface area contributed by atoms with E-state index < -0.39 is 6.10 Å². The van der Waals surface area contributed by atoms with Crippen LogP contribution in [0.5, 0.6) is 0 Å². The SMILES string of the molecule is CCCNC(=O)c1ccc(N2CCC(C(O)c3nccn3C)CC2)nc1. The van der Waals surface area contributed by atoms with Gasteiger partial charge in [0.1, 0.15) is 17.7 Å². The van der Waals surface area contributed by atoms with Gasteiger partial charge in [0.25, 0.3) is 5.91 Å². The number of piperidine rings is 1. The van der Waals surface area contributed by atoms with Crippen LogP contribution >= 0.6 is 0 Å². The molecule has 0 aliphatic carbocycles. The molecule has 140 valence electrons. The molecule has 0 saturated carbocycles. The van der Waals surface area contributed by atoms with Crippen LogP contribution in [0.25, 0.3) is 0 Å². The van der Waals surface area contributed by atoms with Gasteiger partial charge in [-0.05, 0) is 37.3 Å². The van der Waals surface area contributed by atoms with Crippen molar-refractivity contribution in [3.63, 3.8) is 0 Å². The van der Waals surface area contributed by atoms with E-state index in [1.165, 1.54) is 0 Å². The van der Waals surface area contributed by atoms with Crippen molar-refractivity contribution in [1.82, 2.24) is 19.9 Å². The van der Waals surface area contributed by atoms with Gasteiger partial charge in [-0.3, -0.25) is 4.79 Å². The third kappa shape index (κ3) is 4.04. The maximum absolute atomic E-state index is 11.9. The Morgan fingerprint density at radius 2 is 2.12 bits per heavy atom. The first-order chi connectivity index (χ1) is 12.6. The third-order valence-corrected chi connectivity index (χ3v) is 4.98. The molecule has 7 heteroatoms. The lowest BCUT2D eigenvalue weighted by Gasteiger charge is -2.34. The Labute approximate surface area is 154 Å². The Bertz CT molecular complexity index is 720. The second-order valence-electron chi connectivity index (χ2n) is 6.83. The van der Waals surface area contributed by atoms with Crippen LogP contribution in [-0.4, -0.2) is 45.2 Å². The minimum Gasteiger partial charge on any atom is -0.385 e. The Morgan fingerprint density at radius 3 is 2.69 bits per heavy atom. The smallest absolute Gasteiger partial charge is 0.252 e. The average molecular weight is 357 g/mol. The van der Waals surface area contributed by atoms with Gasteiger partial charge in [-0.25, -0.2) is 9.97 Å². The molecule has 3 heterocycles. The highest BCUT2D eigenvalue weighted by atomic mass is 16.3. The molecular weight excluding hydrogens is 330 g/mol. The van der Waals surface area contributed by atoms with Gasteiger partial charge in [-0.2, -0.15) is 0 Å². The van der Waals surface area contributed by atoms with E-state index in [4.69, 9.17) is 0 Å². The standard InChI is InChI=1S/C19H27N5O2/c1-3-8-21-19(26)15-4-5-16(22-13-15)24-10-6-14(7-11-24)17(25)18-20-9-12-23(18)2/h4-5,9,12-14,17,25H,3,6-8,10-11H2,1-2H3,(H,21,26). The number of hydrogen-bond acceptors (Lipinski definition) is 5. The molecule has 26 heavy (non-hydrogen) atoms. The lowest BCUT2D eigenvalue weighted by molar-refractivity contribution is 0.0824. The summed E-state index contributed by atoms with van der Waals surface area (Å²) >= 11 is 0. The van der Waals surface area contributed by atoms with Crippen molar-refractivity contribution in [3.8, 4) is 0 Å². The Morgan fingerprint density at radius 1 is 1.35 bits per heavy atom. The van der Waals surface area contributed by atoms with E-state index in [2.05, 4.69) is 20.2 Å². The minimum atomic E-state index is -0.533. The lowest BCUT2D eigenvalue weighted by Crippen LogP contribution is -2.36. The fourth-order valence-corrected chi connectivity index (χ4v) is 3.37. The van der Waals surface area contributed by atoms with Crippen molar-refractivity contribution < 1.29 is 9.90 Å². The molecule has 1 saturated heterocycles. The monoisotopic (exact) mass is 357 g/mol. The summed E-state index contributed by atoms with van der Waals surface area (Å²) in [5.74, 6) is 1.72. The summed E-state index contributed by atoms with van der Waals surface area (Å²) in [6, 6.07) is 3.72. The third-order valence-electron chi connectivity index (χ3n) is 4.98. The quantitative estimate of drug-likeness (QED) is 0.825. The van der Waals surface area contributed by atoms with Gasteiger partial charge in [0.2, 0.25) is 0 Å². The van der Waals surface area contributed by atoms with Crippen LogP contribution in [0.2, 0.25) is 0 Å². The molecule has 0 bridgehead atoms. The molecule has 3 rings (SSSR count). The molecule has 0 aromatic carbocycles. The van der Waals surface area contributed by atoms with E-state index >= 15 is 0 Å². The number of aliphatic hydroxyl groups excluding tert-OH is 1. The van der Waals surface area contributed by atoms with Gasteiger partial charge >= 0.3 is 0 Å². The van der Waals surface area contributed by atoms with Crippen LogP contribution in [0.4, 0.5) is 5.82 Å². The Balaban J connectivity index is 1.56. The topological polar surface area (TPSA) is 83.3 Å². The Hall–Kier alpha value is -2.41. The first-order valence-corrected chi connectivity index (χ1v) is 9.24. The molecule has 7 nitrogen and oxygen atoms in total. The van der Waals surface area contributed by atoms with Gasteiger partial charge in [-0.15, -0.1) is 0 Å². The summed E-state index contributed by atoms with van der Waals surface area (Å²) in [4.78, 5) is 22.9. The van der Waals surface area contributed by atoms with Crippen molar-refractivity contribution in [2.24, 2.45) is 13.0 Å². The maximum Gasteiger partial charge on any atom is 0.252 e. The van der Waals surface area contributed by atoms with Crippen molar-refractivity contribution in [2.45, 2.75) is 32.3 Å². The highest BCUT2D eigenvalue weighted by molar-refractivity contribution is 5.94. The number of anilines is 1. The summed E-state index contributed by atoms with van der Waals surface area (Å²) in [6.45, 7) is 4.36. The van der Waals surface area contributed by atoms with E-state index in [1.54, 1.807) is 12.4 Å². The number of pyridine rings is 1. The molecule has 1 aliphatic heterocycles. The van der Waals surface area contributed by atoms with Crippen LogP contribution in [0.1, 0.15) is 48.5 Å². The van der Waals surface area contributed by atoms with Crippen molar-refractivity contribution in [2.75, 3.05) is 24.5 Å². The normalized spacial score (nSPS) is 16.5. The van der Waals surface area contributed by atoms with Gasteiger partial charge in [0.05, 0.1) is 5.56 Å². The number of aryl methyl sites for hydroxylation is 1. The Kier molecular flexibility index (Phi) is 5.88. The molecule has 1 amide bonds. The van der Waals surface area contributed by atoms with Crippen LogP contribution in [0, 0.1) is 5.92 Å². The average Bonchev–Trinajstić information content (AvgIpc) is 3.11. The predicted molar refractivity (Wildman–Crippen MR) is 100.0 cm³/mol. The van der Waals surface area contributed by atoms with E-state index in [-0.39, 0.29) is 11.8 Å². The first kappa shape index (κ1) is 18.4. The van der Waals surface area contributed by atoms with E-state index in [1.807, 2.05) is 36.9 Å². The fraction of sp³-hybridized carbons (Fsp3) is 0.526. The van der Waals surface area contributed by atoms with E-state index in [0.29, 0.717) is 12.1 Å². The van der Waals surface area contributed by atoms with Gasteiger partial charge in [-0.1, -0.05) is 6.92 Å². The summed E-state index contributed by atoms with van der Waals surface area (Å²) in [7, 11) is 1.91. The largest absolute Gasteiger partial charge is 0.385 e. The van der Waals surface area contributed by atoms with Gasteiger partial charge in [0.15, 0.2) is 0 Å². The highest BCUT2D eigenvalue weighted by Gasteiger charge is 2.28. The molecular formula is C19H27N5O2. The number of rotatable bonds is 6. The molecule has 1 atom stereocenters. The number of nitrogens with one attached hydrogen (secondary N) is 1. The van der Waals surface area contributed by atoms with Gasteiger partial charge < -0.3 is 19.9 Å². The number of nitrogens with zero attached hydrogens (tertiary/aromatic N) is 4. The second-order valence-corrected chi connectivity index (χ2v) is 6.83. The molecule has 1 unspecified atom stereocenters. The van der Waals surface area contributed by atoms with Crippen LogP contribution < -0.4 is 10.2 Å². The summed E-state index contributed by atoms with van der Waals surface area (Å²) in [5.41, 5.74) is 0.585. The maximum atomic E-state index is 11.9. The molecule has 2 aromatic heterocycles. The lowest BCUT2D eigenvalue weighted by atomic mass is 9.90. The van der Waals surface area contributed by atoms with Crippen LogP contribution in [-0.2, 0) is 7.05 Å². The van der Waals surface area contributed by atoms with Crippen molar-refractivity contribution in [1.29, 1.82) is 0 Å². The second kappa shape index (κ2) is 8.31. The zero-order valence-corrected chi connectivity index (χ0v) is 15.4. The van der Waals surface area contributed by atoms with E-state index in [0.717, 1.165) is 44.0 Å². The molecule has 0 radical (unpaired) electrons. The number of carbonyl (C=O) groups excluding carboxylic acids is 1. The number of imidazole rings is 1. The molecule has 1 fully saturated rings. The van der Waals surface area contributed by atoms with Crippen molar-refractivity contribution in [3.05, 3.63) is 42.1 Å². The fourth-order valence-electron chi connectivity index (χ4n) is 3.37. The van der Waals surface area contributed by atoms with Gasteiger partial charge in [0, 0.05) is 45.3 Å². The number of hydrogen-bond donors (Lipinski definition) is 2. The van der Waals surface area contributed by atoms with E-state index in [9.17, 15) is 9.90 Å². The molecule has 1 aliphatic rings. The minimum absolute atomic E-state index is 0.0807.